The lowest BCUT2D eigenvalue weighted by atomic mass is 10.1. The van der Waals surface area contributed by atoms with Crippen molar-refractivity contribution in [2.45, 2.75) is 25.5 Å². The number of pyridine rings is 3. The highest BCUT2D eigenvalue weighted by Gasteiger charge is 2.17. The number of rotatable bonds is 3. The highest BCUT2D eigenvalue weighted by atomic mass is 35.5. The summed E-state index contributed by atoms with van der Waals surface area (Å²) in [6.45, 7) is 1.22. The van der Waals surface area contributed by atoms with Gasteiger partial charge in [0, 0.05) is 29.0 Å². The average Bonchev–Trinajstić information content (AvgIpc) is 3.22. The van der Waals surface area contributed by atoms with Gasteiger partial charge in [0.05, 0.1) is 40.1 Å². The van der Waals surface area contributed by atoms with E-state index < -0.39 is 0 Å². The molecule has 0 amide bonds. The molecule has 0 radical (unpaired) electrons. The third-order valence-corrected chi connectivity index (χ3v) is 5.80. The van der Waals surface area contributed by atoms with E-state index in [2.05, 4.69) is 4.98 Å². The van der Waals surface area contributed by atoms with Gasteiger partial charge in [0.2, 0.25) is 0 Å². The van der Waals surface area contributed by atoms with Gasteiger partial charge in [-0.15, -0.1) is 0 Å². The fourth-order valence-corrected chi connectivity index (χ4v) is 4.41. The number of halogens is 2. The zero-order valence-corrected chi connectivity index (χ0v) is 17.4. The van der Waals surface area contributed by atoms with Gasteiger partial charge in [-0.2, -0.15) is 0 Å². The van der Waals surface area contributed by atoms with E-state index in [9.17, 15) is 9.59 Å². The Morgan fingerprint density at radius 3 is 2.37 bits per heavy atom. The van der Waals surface area contributed by atoms with Gasteiger partial charge in [0.25, 0.3) is 11.1 Å². The van der Waals surface area contributed by atoms with Crippen molar-refractivity contribution in [3.05, 3.63) is 79.5 Å². The molecule has 0 saturated carbocycles. The summed E-state index contributed by atoms with van der Waals surface area (Å²) in [7, 11) is 0. The molecule has 8 heteroatoms. The lowest BCUT2D eigenvalue weighted by Crippen LogP contribution is -2.26. The first-order valence-corrected chi connectivity index (χ1v) is 10.4. The highest BCUT2D eigenvalue weighted by Crippen LogP contribution is 2.22. The molecule has 1 atom stereocenters. The Morgan fingerprint density at radius 1 is 0.967 bits per heavy atom. The van der Waals surface area contributed by atoms with E-state index in [-0.39, 0.29) is 17.2 Å². The van der Waals surface area contributed by atoms with E-state index in [0.29, 0.717) is 44.1 Å². The van der Waals surface area contributed by atoms with Crippen LogP contribution in [0.5, 0.6) is 0 Å². The molecule has 30 heavy (non-hydrogen) atoms. The fourth-order valence-electron chi connectivity index (χ4n) is 3.90. The Hall–Kier alpha value is -2.67. The van der Waals surface area contributed by atoms with Crippen LogP contribution in [0.4, 0.5) is 0 Å². The van der Waals surface area contributed by atoms with Crippen LogP contribution in [0.25, 0.3) is 27.5 Å². The maximum absolute atomic E-state index is 13.2. The number of fused-ring (bicyclic) bond motifs is 2. The summed E-state index contributed by atoms with van der Waals surface area (Å²) >= 11 is 12.2. The smallest absolute Gasteiger partial charge is 0.264 e. The van der Waals surface area contributed by atoms with Gasteiger partial charge in [-0.25, -0.2) is 4.98 Å². The van der Waals surface area contributed by atoms with E-state index in [1.807, 2.05) is 0 Å². The average molecular weight is 442 g/mol. The molecule has 4 heterocycles. The third kappa shape index (κ3) is 3.41. The molecule has 4 aromatic rings. The van der Waals surface area contributed by atoms with Crippen molar-refractivity contribution in [1.82, 2.24) is 14.1 Å². The number of nitrogens with zero attached hydrogens (tertiary/aromatic N) is 3. The van der Waals surface area contributed by atoms with Crippen molar-refractivity contribution in [3.8, 4) is 5.69 Å². The fraction of sp³-hybridized carbons (Fsp3) is 0.227. The topological polar surface area (TPSA) is 66.1 Å². The van der Waals surface area contributed by atoms with Gasteiger partial charge in [0.1, 0.15) is 0 Å². The summed E-state index contributed by atoms with van der Waals surface area (Å²) in [5.74, 6) is 0. The summed E-state index contributed by atoms with van der Waals surface area (Å²) in [6, 6.07) is 10.1. The van der Waals surface area contributed by atoms with Crippen LogP contribution in [0.3, 0.4) is 0 Å². The molecule has 0 spiro atoms. The maximum Gasteiger partial charge on any atom is 0.264 e. The first-order valence-electron chi connectivity index (χ1n) is 9.63. The summed E-state index contributed by atoms with van der Waals surface area (Å²) in [6.07, 6.45) is 5.35. The number of aromatic nitrogens is 3. The van der Waals surface area contributed by atoms with E-state index >= 15 is 0 Å². The van der Waals surface area contributed by atoms with Crippen LogP contribution in [0.15, 0.2) is 58.4 Å². The number of hydrogen-bond donors (Lipinski definition) is 0. The Morgan fingerprint density at radius 2 is 1.67 bits per heavy atom. The maximum atomic E-state index is 13.2. The zero-order valence-electron chi connectivity index (χ0n) is 15.8. The molecule has 0 N–H and O–H groups in total. The Labute approximate surface area is 181 Å². The van der Waals surface area contributed by atoms with Gasteiger partial charge >= 0.3 is 0 Å². The van der Waals surface area contributed by atoms with Crippen molar-refractivity contribution >= 4 is 45.0 Å². The van der Waals surface area contributed by atoms with Gasteiger partial charge in [-0.1, -0.05) is 23.2 Å². The lowest BCUT2D eigenvalue weighted by molar-refractivity contribution is 0.0963. The van der Waals surface area contributed by atoms with E-state index in [0.717, 1.165) is 19.4 Å². The minimum atomic E-state index is -0.297. The van der Waals surface area contributed by atoms with E-state index in [4.69, 9.17) is 27.9 Å². The largest absolute Gasteiger partial charge is 0.376 e. The summed E-state index contributed by atoms with van der Waals surface area (Å²) in [5, 5.41) is 1.62. The monoisotopic (exact) mass is 441 g/mol. The van der Waals surface area contributed by atoms with Crippen LogP contribution in [0.2, 0.25) is 10.0 Å². The summed E-state index contributed by atoms with van der Waals surface area (Å²) < 4.78 is 8.72. The second-order valence-electron chi connectivity index (χ2n) is 7.38. The van der Waals surface area contributed by atoms with Crippen LogP contribution < -0.4 is 11.1 Å². The molecule has 5 rings (SSSR count). The molecular weight excluding hydrogens is 425 g/mol. The summed E-state index contributed by atoms with van der Waals surface area (Å²) in [4.78, 5) is 30.7. The van der Waals surface area contributed by atoms with Crippen LogP contribution in [-0.2, 0) is 11.3 Å². The lowest BCUT2D eigenvalue weighted by Gasteiger charge is -2.13. The standard InChI is InChI=1S/C22H17Cl2N3O3/c23-13-8-14(24)10-15(9-13)27-6-4-20-18(22(27)29)11-17-19(25-20)3-5-26(21(17)28)12-16-2-1-7-30-16/h3-6,8-11,16H,1-2,7,12H2/t16-/m0/s1. The van der Waals surface area contributed by atoms with Crippen molar-refractivity contribution in [3.63, 3.8) is 0 Å². The molecule has 3 aromatic heterocycles. The second-order valence-corrected chi connectivity index (χ2v) is 8.25. The molecule has 0 bridgehead atoms. The quantitative estimate of drug-likeness (QED) is 0.447. The van der Waals surface area contributed by atoms with Gasteiger partial charge in [-0.3, -0.25) is 14.2 Å². The van der Waals surface area contributed by atoms with E-state index in [1.165, 1.54) is 4.57 Å². The molecule has 0 unspecified atom stereocenters. The highest BCUT2D eigenvalue weighted by molar-refractivity contribution is 6.34. The Balaban J connectivity index is 1.68. The predicted molar refractivity (Wildman–Crippen MR) is 118 cm³/mol. The molecule has 152 valence electrons. The first-order chi connectivity index (χ1) is 14.5. The van der Waals surface area contributed by atoms with Gasteiger partial charge < -0.3 is 9.30 Å². The number of benzene rings is 1. The summed E-state index contributed by atoms with van der Waals surface area (Å²) in [5.41, 5.74) is 1.14. The molecule has 1 saturated heterocycles. The van der Waals surface area contributed by atoms with E-state index in [1.54, 1.807) is 53.4 Å². The molecule has 1 fully saturated rings. The molecule has 1 aromatic carbocycles. The van der Waals surface area contributed by atoms with Gasteiger partial charge in [-0.05, 0) is 49.2 Å². The SMILES string of the molecule is O=c1c2cc3c(=O)n(-c4cc(Cl)cc(Cl)c4)ccc3nc2ccn1C[C@@H]1CCCO1. The van der Waals surface area contributed by atoms with Crippen LogP contribution in [-0.4, -0.2) is 26.8 Å². The zero-order chi connectivity index (χ0) is 20.8. The minimum absolute atomic E-state index is 0.0402. The number of hydrogen-bond acceptors (Lipinski definition) is 4. The molecule has 0 aliphatic carbocycles. The minimum Gasteiger partial charge on any atom is -0.376 e. The third-order valence-electron chi connectivity index (χ3n) is 5.37. The van der Waals surface area contributed by atoms with Gasteiger partial charge in [0.15, 0.2) is 0 Å². The number of ether oxygens (including phenoxy) is 1. The van der Waals surface area contributed by atoms with Crippen molar-refractivity contribution in [2.75, 3.05) is 6.61 Å². The second kappa shape index (κ2) is 7.54. The molecule has 1 aliphatic rings. The van der Waals surface area contributed by atoms with Crippen LogP contribution in [0, 0.1) is 0 Å². The molecule has 1 aliphatic heterocycles. The first kappa shape index (κ1) is 19.3. The van der Waals surface area contributed by atoms with Crippen LogP contribution in [0.1, 0.15) is 12.8 Å². The van der Waals surface area contributed by atoms with Crippen molar-refractivity contribution in [1.29, 1.82) is 0 Å². The molecule has 6 nitrogen and oxygen atoms in total. The Kier molecular flexibility index (Phi) is 4.85. The molecular formula is C22H17Cl2N3O3. The Bertz CT molecular complexity index is 1380. The van der Waals surface area contributed by atoms with Crippen molar-refractivity contribution in [2.24, 2.45) is 0 Å². The van der Waals surface area contributed by atoms with Crippen LogP contribution >= 0.6 is 23.2 Å². The van der Waals surface area contributed by atoms with Crippen molar-refractivity contribution < 1.29 is 4.74 Å². The normalized spacial score (nSPS) is 16.5. The predicted octanol–water partition coefficient (Wildman–Crippen LogP) is 4.19.